The largest absolute Gasteiger partial charge is 0.352 e. The predicted molar refractivity (Wildman–Crippen MR) is 93.7 cm³/mol. The molecule has 1 saturated heterocycles. The average Bonchev–Trinajstić information content (AvgIpc) is 3.28. The van der Waals surface area contributed by atoms with Crippen LogP contribution in [0.3, 0.4) is 0 Å². The summed E-state index contributed by atoms with van der Waals surface area (Å²) in [4.78, 5) is 21.9. The van der Waals surface area contributed by atoms with Crippen LogP contribution in [0.2, 0.25) is 0 Å². The van der Waals surface area contributed by atoms with Crippen molar-refractivity contribution in [1.82, 2.24) is 34.1 Å². The minimum Gasteiger partial charge on any atom is -0.352 e. The number of rotatable bonds is 2. The molecule has 9 heteroatoms. The van der Waals surface area contributed by atoms with E-state index < -0.39 is 0 Å². The number of piperazine rings is 1. The molecule has 5 rings (SSSR count). The normalized spacial score (nSPS) is 15.4. The number of hydrogen-bond donors (Lipinski definition) is 0. The van der Waals surface area contributed by atoms with E-state index in [0.717, 1.165) is 54.6 Å². The van der Waals surface area contributed by atoms with Gasteiger partial charge in [0.1, 0.15) is 17.7 Å². The SMILES string of the molecule is Cn1cnc2ncnc(N3CCN(c4ccc5nccn5n4)CC3)c21. The lowest BCUT2D eigenvalue weighted by Gasteiger charge is -2.36. The van der Waals surface area contributed by atoms with Crippen LogP contribution in [0.25, 0.3) is 16.8 Å². The molecular formula is C16H17N9. The molecule has 0 saturated carbocycles. The second-order valence-corrected chi connectivity index (χ2v) is 6.12. The molecule has 4 aromatic heterocycles. The molecule has 0 bridgehead atoms. The first kappa shape index (κ1) is 14.1. The van der Waals surface area contributed by atoms with Gasteiger partial charge >= 0.3 is 0 Å². The third-order valence-electron chi connectivity index (χ3n) is 4.63. The van der Waals surface area contributed by atoms with Crippen molar-refractivity contribution in [1.29, 1.82) is 0 Å². The Bertz CT molecular complexity index is 1040. The maximum atomic E-state index is 4.63. The molecule has 0 spiro atoms. The summed E-state index contributed by atoms with van der Waals surface area (Å²) in [5.74, 6) is 1.92. The van der Waals surface area contributed by atoms with Gasteiger partial charge in [-0.3, -0.25) is 0 Å². The van der Waals surface area contributed by atoms with E-state index in [-0.39, 0.29) is 0 Å². The lowest BCUT2D eigenvalue weighted by Crippen LogP contribution is -2.47. The van der Waals surface area contributed by atoms with E-state index in [1.807, 2.05) is 34.5 Å². The van der Waals surface area contributed by atoms with E-state index in [1.54, 1.807) is 18.9 Å². The summed E-state index contributed by atoms with van der Waals surface area (Å²) in [5, 5.41) is 4.63. The minimum atomic E-state index is 0.738. The molecule has 4 aromatic rings. The van der Waals surface area contributed by atoms with Gasteiger partial charge in [0.05, 0.1) is 6.33 Å². The van der Waals surface area contributed by atoms with Crippen LogP contribution in [0.5, 0.6) is 0 Å². The zero-order valence-electron chi connectivity index (χ0n) is 13.8. The summed E-state index contributed by atoms with van der Waals surface area (Å²) in [6.45, 7) is 3.52. The van der Waals surface area contributed by atoms with Crippen LogP contribution in [-0.4, -0.2) is 60.3 Å². The number of hydrogen-bond acceptors (Lipinski definition) is 7. The van der Waals surface area contributed by atoms with Crippen LogP contribution in [0.1, 0.15) is 0 Å². The number of imidazole rings is 2. The smallest absolute Gasteiger partial charge is 0.182 e. The number of aryl methyl sites for hydroxylation is 1. The molecule has 9 nitrogen and oxygen atoms in total. The van der Waals surface area contributed by atoms with E-state index in [1.165, 1.54) is 0 Å². The highest BCUT2D eigenvalue weighted by Gasteiger charge is 2.22. The highest BCUT2D eigenvalue weighted by molar-refractivity contribution is 5.83. The summed E-state index contributed by atoms with van der Waals surface area (Å²) in [6, 6.07) is 4.03. The van der Waals surface area contributed by atoms with Gasteiger partial charge in [-0.25, -0.2) is 24.5 Å². The Morgan fingerprint density at radius 2 is 1.76 bits per heavy atom. The van der Waals surface area contributed by atoms with Crippen molar-refractivity contribution in [3.8, 4) is 0 Å². The summed E-state index contributed by atoms with van der Waals surface area (Å²) >= 11 is 0. The van der Waals surface area contributed by atoms with E-state index in [9.17, 15) is 0 Å². The molecule has 0 radical (unpaired) electrons. The molecule has 0 amide bonds. The van der Waals surface area contributed by atoms with Crippen LogP contribution >= 0.6 is 0 Å². The molecule has 126 valence electrons. The van der Waals surface area contributed by atoms with Gasteiger partial charge in [0.15, 0.2) is 17.1 Å². The number of anilines is 2. The van der Waals surface area contributed by atoms with Crippen LogP contribution in [0, 0.1) is 0 Å². The maximum Gasteiger partial charge on any atom is 0.182 e. The van der Waals surface area contributed by atoms with Crippen molar-refractivity contribution in [3.63, 3.8) is 0 Å². The first-order chi connectivity index (χ1) is 12.3. The molecule has 25 heavy (non-hydrogen) atoms. The Morgan fingerprint density at radius 3 is 2.64 bits per heavy atom. The first-order valence-electron chi connectivity index (χ1n) is 8.22. The van der Waals surface area contributed by atoms with Gasteiger partial charge in [0, 0.05) is 45.6 Å². The van der Waals surface area contributed by atoms with Gasteiger partial charge in [-0.15, -0.1) is 5.10 Å². The van der Waals surface area contributed by atoms with Crippen LogP contribution in [0.15, 0.2) is 37.2 Å². The van der Waals surface area contributed by atoms with Gasteiger partial charge in [0.25, 0.3) is 0 Å². The van der Waals surface area contributed by atoms with Gasteiger partial charge in [0.2, 0.25) is 0 Å². The van der Waals surface area contributed by atoms with Crippen LogP contribution < -0.4 is 9.80 Å². The van der Waals surface area contributed by atoms with E-state index >= 15 is 0 Å². The topological polar surface area (TPSA) is 80.3 Å². The monoisotopic (exact) mass is 335 g/mol. The lowest BCUT2D eigenvalue weighted by molar-refractivity contribution is 0.636. The van der Waals surface area contributed by atoms with Crippen molar-refractivity contribution < 1.29 is 0 Å². The molecule has 1 aliphatic rings. The molecular weight excluding hydrogens is 318 g/mol. The van der Waals surface area contributed by atoms with Crippen molar-refractivity contribution in [2.75, 3.05) is 36.0 Å². The Labute approximate surface area is 143 Å². The molecule has 0 atom stereocenters. The number of nitrogens with zero attached hydrogens (tertiary/aromatic N) is 9. The van der Waals surface area contributed by atoms with Crippen molar-refractivity contribution in [2.24, 2.45) is 7.05 Å². The Balaban J connectivity index is 1.39. The molecule has 0 N–H and O–H groups in total. The summed E-state index contributed by atoms with van der Waals surface area (Å²) < 4.78 is 3.79. The lowest BCUT2D eigenvalue weighted by atomic mass is 10.3. The fourth-order valence-corrected chi connectivity index (χ4v) is 3.32. The molecule has 1 fully saturated rings. The average molecular weight is 335 g/mol. The molecule has 0 aliphatic carbocycles. The van der Waals surface area contributed by atoms with Crippen molar-refractivity contribution in [3.05, 3.63) is 37.2 Å². The van der Waals surface area contributed by atoms with Crippen molar-refractivity contribution in [2.45, 2.75) is 0 Å². The minimum absolute atomic E-state index is 0.738. The zero-order valence-corrected chi connectivity index (χ0v) is 13.8. The summed E-state index contributed by atoms with van der Waals surface area (Å²) in [6.07, 6.45) is 7.00. The number of aromatic nitrogens is 7. The number of fused-ring (bicyclic) bond motifs is 2. The quantitative estimate of drug-likeness (QED) is 0.534. The Kier molecular flexibility index (Phi) is 3.06. The second kappa shape index (κ2) is 5.40. The van der Waals surface area contributed by atoms with Crippen LogP contribution in [0.4, 0.5) is 11.6 Å². The molecule has 1 aliphatic heterocycles. The highest BCUT2D eigenvalue weighted by atomic mass is 15.4. The Hall–Kier alpha value is -3.23. The van der Waals surface area contributed by atoms with E-state index in [4.69, 9.17) is 0 Å². The Morgan fingerprint density at radius 1 is 0.920 bits per heavy atom. The first-order valence-corrected chi connectivity index (χ1v) is 8.22. The van der Waals surface area contributed by atoms with Gasteiger partial charge in [-0.2, -0.15) is 0 Å². The fraction of sp³-hybridized carbons (Fsp3) is 0.312. The van der Waals surface area contributed by atoms with Crippen LogP contribution in [-0.2, 0) is 7.05 Å². The second-order valence-electron chi connectivity index (χ2n) is 6.12. The molecule has 0 aromatic carbocycles. The van der Waals surface area contributed by atoms with E-state index in [2.05, 4.69) is 34.8 Å². The van der Waals surface area contributed by atoms with Crippen molar-refractivity contribution >= 4 is 28.4 Å². The molecule has 0 unspecified atom stereocenters. The predicted octanol–water partition coefficient (Wildman–Crippen LogP) is 0.733. The highest BCUT2D eigenvalue weighted by Crippen LogP contribution is 2.23. The van der Waals surface area contributed by atoms with Gasteiger partial charge in [-0.1, -0.05) is 0 Å². The van der Waals surface area contributed by atoms with Gasteiger partial charge < -0.3 is 14.4 Å². The fourth-order valence-electron chi connectivity index (χ4n) is 3.32. The standard InChI is InChI=1S/C16H17N9/c1-22-11-20-15-14(22)16(19-10-18-15)24-8-6-23(7-9-24)13-3-2-12-17-4-5-25(12)21-13/h2-5,10-11H,6-9H2,1H3. The molecule has 5 heterocycles. The summed E-state index contributed by atoms with van der Waals surface area (Å²) in [5.41, 5.74) is 2.58. The van der Waals surface area contributed by atoms with Gasteiger partial charge in [-0.05, 0) is 12.1 Å². The third-order valence-corrected chi connectivity index (χ3v) is 4.63. The zero-order chi connectivity index (χ0) is 16.8. The van der Waals surface area contributed by atoms with E-state index in [0.29, 0.717) is 0 Å². The third kappa shape index (κ3) is 2.27. The maximum absolute atomic E-state index is 4.63. The summed E-state index contributed by atoms with van der Waals surface area (Å²) in [7, 11) is 1.97.